The van der Waals surface area contributed by atoms with Crippen LogP contribution in [0.4, 0.5) is 0 Å². The summed E-state index contributed by atoms with van der Waals surface area (Å²) in [7, 11) is 0. The van der Waals surface area contributed by atoms with Crippen molar-refractivity contribution in [2.45, 2.75) is 12.8 Å². The first-order chi connectivity index (χ1) is 13.1. The number of rotatable bonds is 1. The maximum Gasteiger partial charge on any atom is 0.312 e. The van der Waals surface area contributed by atoms with Gasteiger partial charge in [0.25, 0.3) is 5.91 Å². The van der Waals surface area contributed by atoms with Crippen LogP contribution >= 0.6 is 0 Å². The van der Waals surface area contributed by atoms with E-state index >= 15 is 0 Å². The Morgan fingerprint density at radius 3 is 2.04 bits per heavy atom. The first-order valence-corrected chi connectivity index (χ1v) is 9.41. The van der Waals surface area contributed by atoms with E-state index in [-0.39, 0.29) is 5.91 Å². The van der Waals surface area contributed by atoms with Gasteiger partial charge in [0.15, 0.2) is 11.5 Å². The molecule has 0 aliphatic carbocycles. The number of nitrogens with zero attached hydrogens (tertiary/aromatic N) is 3. The van der Waals surface area contributed by atoms with Crippen molar-refractivity contribution < 1.29 is 23.9 Å². The van der Waals surface area contributed by atoms with Crippen molar-refractivity contribution in [1.29, 1.82) is 0 Å². The van der Waals surface area contributed by atoms with Crippen molar-refractivity contribution in [1.82, 2.24) is 14.7 Å². The van der Waals surface area contributed by atoms with Crippen molar-refractivity contribution >= 4 is 17.7 Å². The van der Waals surface area contributed by atoms with E-state index in [1.807, 2.05) is 0 Å². The van der Waals surface area contributed by atoms with Crippen LogP contribution in [-0.2, 0) is 9.59 Å². The molecule has 2 fully saturated rings. The van der Waals surface area contributed by atoms with E-state index in [0.29, 0.717) is 69.5 Å². The number of benzene rings is 1. The third-order valence-corrected chi connectivity index (χ3v) is 5.23. The second-order valence-corrected chi connectivity index (χ2v) is 6.91. The number of carbonyl (C=O) groups excluding carboxylic acids is 3. The van der Waals surface area contributed by atoms with Crippen LogP contribution in [0.15, 0.2) is 18.2 Å². The van der Waals surface area contributed by atoms with Gasteiger partial charge in [-0.25, -0.2) is 0 Å². The normalized spacial score (nSPS) is 19.2. The van der Waals surface area contributed by atoms with Crippen LogP contribution in [0.3, 0.4) is 0 Å². The molecule has 0 radical (unpaired) electrons. The molecule has 3 aliphatic rings. The number of fused-ring (bicyclic) bond motifs is 1. The molecule has 1 aromatic rings. The van der Waals surface area contributed by atoms with E-state index in [4.69, 9.17) is 9.47 Å². The minimum Gasteiger partial charge on any atom is -0.486 e. The third kappa shape index (κ3) is 3.43. The number of piperazine rings is 1. The molecule has 8 nitrogen and oxygen atoms in total. The molecule has 0 saturated carbocycles. The van der Waals surface area contributed by atoms with Gasteiger partial charge < -0.3 is 24.2 Å². The lowest BCUT2D eigenvalue weighted by Crippen LogP contribution is -2.54. The highest BCUT2D eigenvalue weighted by atomic mass is 16.6. The molecule has 3 aliphatic heterocycles. The summed E-state index contributed by atoms with van der Waals surface area (Å²) < 4.78 is 11.2. The molecule has 0 N–H and O–H groups in total. The van der Waals surface area contributed by atoms with Gasteiger partial charge in [0.1, 0.15) is 13.2 Å². The van der Waals surface area contributed by atoms with Crippen LogP contribution < -0.4 is 9.47 Å². The second kappa shape index (κ2) is 7.46. The maximum absolute atomic E-state index is 12.9. The predicted molar refractivity (Wildman–Crippen MR) is 95.7 cm³/mol. The Morgan fingerprint density at radius 2 is 1.33 bits per heavy atom. The SMILES string of the molecule is O=C(C(=O)N1CCN(C(=O)c2cccc3c2OCCO3)CC1)N1CCCC1. The summed E-state index contributed by atoms with van der Waals surface area (Å²) in [5.41, 5.74) is 0.472. The molecule has 0 atom stereocenters. The summed E-state index contributed by atoms with van der Waals surface area (Å²) in [6.07, 6.45) is 1.91. The molecular weight excluding hydrogens is 350 g/mol. The number of para-hydroxylation sites is 1. The molecule has 0 unspecified atom stereocenters. The van der Waals surface area contributed by atoms with Crippen molar-refractivity contribution in [3.63, 3.8) is 0 Å². The Balaban J connectivity index is 1.38. The van der Waals surface area contributed by atoms with Crippen molar-refractivity contribution in [3.8, 4) is 11.5 Å². The van der Waals surface area contributed by atoms with E-state index in [1.54, 1.807) is 32.9 Å². The minimum absolute atomic E-state index is 0.143. The fourth-order valence-electron chi connectivity index (χ4n) is 3.72. The van der Waals surface area contributed by atoms with E-state index in [0.717, 1.165) is 12.8 Å². The van der Waals surface area contributed by atoms with Crippen LogP contribution in [0.2, 0.25) is 0 Å². The molecule has 0 aromatic heterocycles. The summed E-state index contributed by atoms with van der Waals surface area (Å²) in [4.78, 5) is 42.4. The van der Waals surface area contributed by atoms with Crippen LogP contribution in [0.25, 0.3) is 0 Å². The number of likely N-dealkylation sites (tertiary alicyclic amines) is 1. The van der Waals surface area contributed by atoms with Gasteiger partial charge in [0.2, 0.25) is 0 Å². The summed E-state index contributed by atoms with van der Waals surface area (Å²) in [6, 6.07) is 5.28. The molecule has 144 valence electrons. The Labute approximate surface area is 157 Å². The van der Waals surface area contributed by atoms with Crippen molar-refractivity contribution in [3.05, 3.63) is 23.8 Å². The maximum atomic E-state index is 12.9. The van der Waals surface area contributed by atoms with Gasteiger partial charge in [0.05, 0.1) is 5.56 Å². The van der Waals surface area contributed by atoms with Gasteiger partial charge in [-0.1, -0.05) is 6.07 Å². The standard InChI is InChI=1S/C19H23N3O5/c23-17(14-4-3-5-15-16(14)27-13-12-26-15)21-8-10-22(11-9-21)19(25)18(24)20-6-1-2-7-20/h3-5H,1-2,6-13H2. The average molecular weight is 373 g/mol. The first kappa shape index (κ1) is 17.6. The monoisotopic (exact) mass is 373 g/mol. The summed E-state index contributed by atoms with van der Waals surface area (Å²) >= 11 is 0. The lowest BCUT2D eigenvalue weighted by molar-refractivity contribution is -0.152. The fourth-order valence-corrected chi connectivity index (χ4v) is 3.72. The Kier molecular flexibility index (Phi) is 4.87. The van der Waals surface area contributed by atoms with Crippen LogP contribution in [-0.4, -0.2) is 84.9 Å². The Hall–Kier alpha value is -2.77. The third-order valence-electron chi connectivity index (χ3n) is 5.23. The predicted octanol–water partition coefficient (Wildman–Crippen LogP) is 0.365. The van der Waals surface area contributed by atoms with Crippen molar-refractivity contribution in [2.75, 3.05) is 52.5 Å². The largest absolute Gasteiger partial charge is 0.486 e. The molecule has 2 saturated heterocycles. The number of ether oxygens (including phenoxy) is 2. The average Bonchev–Trinajstić information content (AvgIpc) is 3.27. The Bertz CT molecular complexity index is 752. The van der Waals surface area contributed by atoms with Crippen LogP contribution in [0.5, 0.6) is 11.5 Å². The molecule has 3 heterocycles. The minimum atomic E-state index is -0.460. The van der Waals surface area contributed by atoms with Gasteiger partial charge in [-0.3, -0.25) is 14.4 Å². The summed E-state index contributed by atoms with van der Waals surface area (Å²) in [5, 5.41) is 0. The van der Waals surface area contributed by atoms with Gasteiger partial charge in [-0.05, 0) is 25.0 Å². The molecule has 1 aromatic carbocycles. The van der Waals surface area contributed by atoms with E-state index in [1.165, 1.54) is 0 Å². The molecule has 0 bridgehead atoms. The number of hydrogen-bond donors (Lipinski definition) is 0. The number of amides is 3. The smallest absolute Gasteiger partial charge is 0.312 e. The summed E-state index contributed by atoms with van der Waals surface area (Å²) in [6.45, 7) is 3.70. The van der Waals surface area contributed by atoms with Crippen molar-refractivity contribution in [2.24, 2.45) is 0 Å². The lowest BCUT2D eigenvalue weighted by Gasteiger charge is -2.35. The molecule has 0 spiro atoms. The van der Waals surface area contributed by atoms with E-state index in [9.17, 15) is 14.4 Å². The van der Waals surface area contributed by atoms with Crippen LogP contribution in [0.1, 0.15) is 23.2 Å². The molecule has 4 rings (SSSR count). The first-order valence-electron chi connectivity index (χ1n) is 9.41. The zero-order chi connectivity index (χ0) is 18.8. The van der Waals surface area contributed by atoms with Gasteiger partial charge in [0, 0.05) is 39.3 Å². The molecule has 8 heteroatoms. The highest BCUT2D eigenvalue weighted by Gasteiger charge is 2.33. The van der Waals surface area contributed by atoms with Gasteiger partial charge in [-0.2, -0.15) is 0 Å². The second-order valence-electron chi connectivity index (χ2n) is 6.91. The Morgan fingerprint density at radius 1 is 0.741 bits per heavy atom. The van der Waals surface area contributed by atoms with Crippen LogP contribution in [0, 0.1) is 0 Å². The van der Waals surface area contributed by atoms with E-state index in [2.05, 4.69) is 0 Å². The quantitative estimate of drug-likeness (QED) is 0.665. The highest BCUT2D eigenvalue weighted by molar-refractivity contribution is 6.35. The molecule has 3 amide bonds. The molecular formula is C19H23N3O5. The summed E-state index contributed by atoms with van der Waals surface area (Å²) in [5.74, 6) is 0.0386. The van der Waals surface area contributed by atoms with Gasteiger partial charge in [-0.15, -0.1) is 0 Å². The fraction of sp³-hybridized carbons (Fsp3) is 0.526. The number of hydrogen-bond acceptors (Lipinski definition) is 5. The number of carbonyl (C=O) groups is 3. The molecule has 27 heavy (non-hydrogen) atoms. The zero-order valence-electron chi connectivity index (χ0n) is 15.2. The topological polar surface area (TPSA) is 79.4 Å². The van der Waals surface area contributed by atoms with E-state index < -0.39 is 11.8 Å². The lowest BCUT2D eigenvalue weighted by atomic mass is 10.1. The van der Waals surface area contributed by atoms with Gasteiger partial charge >= 0.3 is 11.8 Å². The highest BCUT2D eigenvalue weighted by Crippen LogP contribution is 2.34. The zero-order valence-corrected chi connectivity index (χ0v) is 15.2.